The second kappa shape index (κ2) is 5.86. The number of rotatable bonds is 3. The Hall–Kier alpha value is -1.30. The predicted octanol–water partition coefficient (Wildman–Crippen LogP) is 0.262. The summed E-state index contributed by atoms with van der Waals surface area (Å²) in [7, 11) is 0. The van der Waals surface area contributed by atoms with Crippen LogP contribution in [-0.4, -0.2) is 52.3 Å². The van der Waals surface area contributed by atoms with Crippen molar-refractivity contribution >= 4 is 12.0 Å². The minimum absolute atomic E-state index is 0.104. The highest BCUT2D eigenvalue weighted by atomic mass is 16.4. The van der Waals surface area contributed by atoms with Gasteiger partial charge in [0, 0.05) is 12.6 Å². The number of aliphatic hydroxyl groups is 1. The van der Waals surface area contributed by atoms with Gasteiger partial charge in [-0.05, 0) is 25.7 Å². The number of carbonyl (C=O) groups excluding carboxylic acids is 1. The molecule has 3 atom stereocenters. The van der Waals surface area contributed by atoms with Crippen molar-refractivity contribution in [2.75, 3.05) is 13.2 Å². The number of piperidine rings is 1. The van der Waals surface area contributed by atoms with E-state index in [4.69, 9.17) is 10.2 Å². The molecule has 98 valence electrons. The van der Waals surface area contributed by atoms with E-state index in [1.165, 1.54) is 0 Å². The topological polar surface area (TPSA) is 89.9 Å². The van der Waals surface area contributed by atoms with Gasteiger partial charge in [0.15, 0.2) is 6.04 Å². The van der Waals surface area contributed by atoms with E-state index in [9.17, 15) is 9.59 Å². The first-order valence-corrected chi connectivity index (χ1v) is 5.86. The van der Waals surface area contributed by atoms with Crippen LogP contribution >= 0.6 is 0 Å². The fraction of sp³-hybridized carbons (Fsp3) is 0.818. The molecule has 1 aliphatic heterocycles. The second-order valence-electron chi connectivity index (χ2n) is 4.69. The van der Waals surface area contributed by atoms with Gasteiger partial charge < -0.3 is 20.4 Å². The van der Waals surface area contributed by atoms with Gasteiger partial charge in [-0.2, -0.15) is 0 Å². The van der Waals surface area contributed by atoms with Gasteiger partial charge in [0.2, 0.25) is 0 Å². The molecule has 0 aromatic heterocycles. The lowest BCUT2D eigenvalue weighted by atomic mass is 9.94. The minimum Gasteiger partial charge on any atom is -0.480 e. The SMILES string of the molecule is CC1CCN(C(=O)N[C@@H](CO)C(=O)O)C(C)C1. The Balaban J connectivity index is 2.55. The largest absolute Gasteiger partial charge is 0.480 e. The number of carboxylic acid groups (broad SMARTS) is 1. The quantitative estimate of drug-likeness (QED) is 0.664. The van der Waals surface area contributed by atoms with Crippen molar-refractivity contribution in [3.8, 4) is 0 Å². The Morgan fingerprint density at radius 2 is 2.12 bits per heavy atom. The first-order chi connectivity index (χ1) is 7.95. The molecular formula is C11H20N2O4. The Kier molecular flexibility index (Phi) is 4.74. The summed E-state index contributed by atoms with van der Waals surface area (Å²) in [6, 6.07) is -1.54. The summed E-state index contributed by atoms with van der Waals surface area (Å²) >= 11 is 0. The van der Waals surface area contributed by atoms with Gasteiger partial charge in [-0.1, -0.05) is 6.92 Å². The lowest BCUT2D eigenvalue weighted by Gasteiger charge is -2.36. The van der Waals surface area contributed by atoms with Crippen molar-refractivity contribution in [1.29, 1.82) is 0 Å². The average molecular weight is 244 g/mol. The number of carboxylic acids is 1. The molecule has 2 unspecified atom stereocenters. The van der Waals surface area contributed by atoms with E-state index in [-0.39, 0.29) is 6.04 Å². The molecule has 17 heavy (non-hydrogen) atoms. The third-order valence-corrected chi connectivity index (χ3v) is 3.18. The lowest BCUT2D eigenvalue weighted by Crippen LogP contribution is -2.54. The maximum absolute atomic E-state index is 11.8. The highest BCUT2D eigenvalue weighted by Crippen LogP contribution is 2.21. The van der Waals surface area contributed by atoms with Crippen LogP contribution in [0.5, 0.6) is 0 Å². The number of nitrogens with zero attached hydrogens (tertiary/aromatic N) is 1. The molecule has 1 aliphatic rings. The molecule has 0 aromatic rings. The maximum atomic E-state index is 11.8. The van der Waals surface area contributed by atoms with Gasteiger partial charge in [0.25, 0.3) is 0 Å². The number of hydrogen-bond acceptors (Lipinski definition) is 3. The molecule has 0 aliphatic carbocycles. The number of aliphatic carboxylic acids is 1. The Labute approximate surface area is 101 Å². The first-order valence-electron chi connectivity index (χ1n) is 5.86. The summed E-state index contributed by atoms with van der Waals surface area (Å²) in [5.74, 6) is -0.638. The summed E-state index contributed by atoms with van der Waals surface area (Å²) in [5.41, 5.74) is 0. The van der Waals surface area contributed by atoms with Crippen LogP contribution in [-0.2, 0) is 4.79 Å². The number of urea groups is 1. The summed E-state index contributed by atoms with van der Waals surface area (Å²) in [5, 5.41) is 19.9. The number of carbonyl (C=O) groups is 2. The van der Waals surface area contributed by atoms with Gasteiger partial charge in [-0.3, -0.25) is 0 Å². The van der Waals surface area contributed by atoms with Gasteiger partial charge in [0.1, 0.15) is 0 Å². The number of hydrogen-bond donors (Lipinski definition) is 3. The summed E-state index contributed by atoms with van der Waals surface area (Å²) < 4.78 is 0. The molecule has 1 fully saturated rings. The molecule has 6 heteroatoms. The molecular weight excluding hydrogens is 224 g/mol. The van der Waals surface area contributed by atoms with E-state index in [0.717, 1.165) is 12.8 Å². The van der Waals surface area contributed by atoms with Crippen LogP contribution in [0.15, 0.2) is 0 Å². The van der Waals surface area contributed by atoms with E-state index < -0.39 is 24.6 Å². The van der Waals surface area contributed by atoms with E-state index in [1.807, 2.05) is 6.92 Å². The molecule has 0 spiro atoms. The van der Waals surface area contributed by atoms with Crippen LogP contribution in [0.1, 0.15) is 26.7 Å². The fourth-order valence-corrected chi connectivity index (χ4v) is 2.13. The van der Waals surface area contributed by atoms with Gasteiger partial charge >= 0.3 is 12.0 Å². The van der Waals surface area contributed by atoms with Crippen molar-refractivity contribution in [3.63, 3.8) is 0 Å². The van der Waals surface area contributed by atoms with Crippen LogP contribution in [0, 0.1) is 5.92 Å². The average Bonchev–Trinajstić information content (AvgIpc) is 2.24. The second-order valence-corrected chi connectivity index (χ2v) is 4.69. The van der Waals surface area contributed by atoms with Crippen molar-refractivity contribution in [2.45, 2.75) is 38.8 Å². The van der Waals surface area contributed by atoms with Gasteiger partial charge in [-0.25, -0.2) is 9.59 Å². The molecule has 0 radical (unpaired) electrons. The smallest absolute Gasteiger partial charge is 0.328 e. The summed E-state index contributed by atoms with van der Waals surface area (Å²) in [4.78, 5) is 24.1. The highest BCUT2D eigenvalue weighted by Gasteiger charge is 2.29. The number of amides is 2. The standard InChI is InChI=1S/C11H20N2O4/c1-7-3-4-13(8(2)5-7)11(17)12-9(6-14)10(15)16/h7-9,14H,3-6H2,1-2H3,(H,12,17)(H,15,16)/t7?,8?,9-/m0/s1. The maximum Gasteiger partial charge on any atom is 0.328 e. The number of nitrogens with one attached hydrogen (secondary N) is 1. The van der Waals surface area contributed by atoms with Crippen LogP contribution in [0.2, 0.25) is 0 Å². The van der Waals surface area contributed by atoms with Crippen molar-refractivity contribution in [3.05, 3.63) is 0 Å². The van der Waals surface area contributed by atoms with E-state index >= 15 is 0 Å². The molecule has 0 saturated carbocycles. The van der Waals surface area contributed by atoms with Gasteiger partial charge in [0.05, 0.1) is 6.61 Å². The molecule has 0 aromatic carbocycles. The predicted molar refractivity (Wildman–Crippen MR) is 61.6 cm³/mol. The zero-order chi connectivity index (χ0) is 13.0. The van der Waals surface area contributed by atoms with Crippen LogP contribution in [0.25, 0.3) is 0 Å². The Morgan fingerprint density at radius 3 is 2.59 bits per heavy atom. The highest BCUT2D eigenvalue weighted by molar-refractivity contribution is 5.82. The molecule has 2 amide bonds. The molecule has 1 saturated heterocycles. The van der Waals surface area contributed by atoms with Crippen molar-refractivity contribution < 1.29 is 19.8 Å². The van der Waals surface area contributed by atoms with Crippen LogP contribution in [0.4, 0.5) is 4.79 Å². The van der Waals surface area contributed by atoms with Crippen LogP contribution < -0.4 is 5.32 Å². The zero-order valence-electron chi connectivity index (χ0n) is 10.2. The third kappa shape index (κ3) is 3.59. The molecule has 6 nitrogen and oxygen atoms in total. The molecule has 1 heterocycles. The van der Waals surface area contributed by atoms with Crippen molar-refractivity contribution in [2.24, 2.45) is 5.92 Å². The van der Waals surface area contributed by atoms with Crippen molar-refractivity contribution in [1.82, 2.24) is 10.2 Å². The van der Waals surface area contributed by atoms with E-state index in [2.05, 4.69) is 12.2 Å². The molecule has 0 bridgehead atoms. The number of aliphatic hydroxyl groups excluding tert-OH is 1. The summed E-state index contributed by atoms with van der Waals surface area (Å²) in [6.45, 7) is 4.12. The fourth-order valence-electron chi connectivity index (χ4n) is 2.13. The van der Waals surface area contributed by atoms with Crippen LogP contribution in [0.3, 0.4) is 0 Å². The Bertz CT molecular complexity index is 295. The van der Waals surface area contributed by atoms with E-state index in [0.29, 0.717) is 12.5 Å². The lowest BCUT2D eigenvalue weighted by molar-refractivity contribution is -0.140. The molecule has 1 rings (SSSR count). The van der Waals surface area contributed by atoms with Gasteiger partial charge in [-0.15, -0.1) is 0 Å². The molecule has 3 N–H and O–H groups in total. The zero-order valence-corrected chi connectivity index (χ0v) is 10.2. The summed E-state index contributed by atoms with van der Waals surface area (Å²) in [6.07, 6.45) is 1.85. The Morgan fingerprint density at radius 1 is 1.47 bits per heavy atom. The first kappa shape index (κ1) is 13.8. The monoisotopic (exact) mass is 244 g/mol. The minimum atomic E-state index is -1.23. The third-order valence-electron chi connectivity index (χ3n) is 3.18. The van der Waals surface area contributed by atoms with E-state index in [1.54, 1.807) is 4.90 Å². The normalized spacial score (nSPS) is 26.4. The number of likely N-dealkylation sites (tertiary alicyclic amines) is 1.